The van der Waals surface area contributed by atoms with Gasteiger partial charge in [0.1, 0.15) is 0 Å². The standard InChI is InChI=1S/C21H33N3O2/c1-5-24(20(25)13-16(2)19-7-6-12-22-14-19)15-17-8-10-18(11-9-17)21(26)23(3)4/h8-11,16,19,22H,5-7,12-15H2,1-4H3. The number of hydrogen-bond acceptors (Lipinski definition) is 3. The molecular formula is C21H33N3O2. The average Bonchev–Trinajstić information content (AvgIpc) is 2.66. The molecule has 1 N–H and O–H groups in total. The summed E-state index contributed by atoms with van der Waals surface area (Å²) in [4.78, 5) is 28.2. The van der Waals surface area contributed by atoms with Crippen LogP contribution in [-0.2, 0) is 11.3 Å². The lowest BCUT2D eigenvalue weighted by Crippen LogP contribution is -2.37. The number of nitrogens with zero attached hydrogens (tertiary/aromatic N) is 2. The molecular weight excluding hydrogens is 326 g/mol. The van der Waals surface area contributed by atoms with Crippen LogP contribution in [0.2, 0.25) is 0 Å². The topological polar surface area (TPSA) is 52.7 Å². The molecule has 0 saturated carbocycles. The molecule has 0 radical (unpaired) electrons. The number of piperidine rings is 1. The third-order valence-electron chi connectivity index (χ3n) is 5.35. The van der Waals surface area contributed by atoms with Gasteiger partial charge in [-0.3, -0.25) is 9.59 Å². The maximum Gasteiger partial charge on any atom is 0.253 e. The molecule has 2 amide bonds. The lowest BCUT2D eigenvalue weighted by atomic mass is 9.85. The maximum atomic E-state index is 12.7. The van der Waals surface area contributed by atoms with Crippen molar-refractivity contribution < 1.29 is 9.59 Å². The Labute approximate surface area is 157 Å². The molecule has 1 aliphatic rings. The summed E-state index contributed by atoms with van der Waals surface area (Å²) in [5.41, 5.74) is 1.73. The van der Waals surface area contributed by atoms with Gasteiger partial charge in [-0.15, -0.1) is 0 Å². The van der Waals surface area contributed by atoms with E-state index in [1.165, 1.54) is 12.8 Å². The zero-order valence-corrected chi connectivity index (χ0v) is 16.6. The van der Waals surface area contributed by atoms with Gasteiger partial charge < -0.3 is 15.1 Å². The van der Waals surface area contributed by atoms with E-state index in [2.05, 4.69) is 12.2 Å². The maximum absolute atomic E-state index is 12.7. The molecule has 0 bridgehead atoms. The zero-order chi connectivity index (χ0) is 19.1. The fourth-order valence-corrected chi connectivity index (χ4v) is 3.54. The van der Waals surface area contributed by atoms with Crippen LogP contribution in [0, 0.1) is 11.8 Å². The quantitative estimate of drug-likeness (QED) is 0.814. The molecule has 0 aliphatic carbocycles. The van der Waals surface area contributed by atoms with Crippen molar-refractivity contribution in [2.75, 3.05) is 33.7 Å². The van der Waals surface area contributed by atoms with Gasteiger partial charge in [-0.2, -0.15) is 0 Å². The van der Waals surface area contributed by atoms with E-state index in [4.69, 9.17) is 0 Å². The predicted octanol–water partition coefficient (Wildman–Crippen LogP) is 2.76. The first-order valence-corrected chi connectivity index (χ1v) is 9.71. The van der Waals surface area contributed by atoms with Gasteiger partial charge in [0.15, 0.2) is 0 Å². The minimum Gasteiger partial charge on any atom is -0.345 e. The van der Waals surface area contributed by atoms with E-state index in [1.807, 2.05) is 36.1 Å². The highest BCUT2D eigenvalue weighted by molar-refractivity contribution is 5.93. The van der Waals surface area contributed by atoms with E-state index in [0.29, 0.717) is 36.9 Å². The van der Waals surface area contributed by atoms with Gasteiger partial charge in [-0.25, -0.2) is 0 Å². The highest BCUT2D eigenvalue weighted by Gasteiger charge is 2.24. The third-order valence-corrected chi connectivity index (χ3v) is 5.35. The Morgan fingerprint density at radius 3 is 2.46 bits per heavy atom. The molecule has 1 aromatic carbocycles. The third kappa shape index (κ3) is 5.56. The van der Waals surface area contributed by atoms with Crippen LogP contribution < -0.4 is 5.32 Å². The number of amides is 2. The molecule has 0 aromatic heterocycles. The molecule has 26 heavy (non-hydrogen) atoms. The minimum atomic E-state index is -0.00473. The highest BCUT2D eigenvalue weighted by Crippen LogP contribution is 2.23. The highest BCUT2D eigenvalue weighted by atomic mass is 16.2. The van der Waals surface area contributed by atoms with Gasteiger partial charge in [0.25, 0.3) is 5.91 Å². The summed E-state index contributed by atoms with van der Waals surface area (Å²) >= 11 is 0. The van der Waals surface area contributed by atoms with E-state index in [-0.39, 0.29) is 11.8 Å². The molecule has 2 atom stereocenters. The van der Waals surface area contributed by atoms with Crippen LogP contribution >= 0.6 is 0 Å². The number of carbonyl (C=O) groups excluding carboxylic acids is 2. The smallest absolute Gasteiger partial charge is 0.253 e. The Bertz CT molecular complexity index is 592. The second-order valence-corrected chi connectivity index (χ2v) is 7.59. The molecule has 0 spiro atoms. The van der Waals surface area contributed by atoms with Crippen LogP contribution in [0.4, 0.5) is 0 Å². The Balaban J connectivity index is 1.93. The number of carbonyl (C=O) groups is 2. The van der Waals surface area contributed by atoms with Crippen LogP contribution in [0.1, 0.15) is 49.0 Å². The number of nitrogens with one attached hydrogen (secondary N) is 1. The van der Waals surface area contributed by atoms with Crippen molar-refractivity contribution in [2.24, 2.45) is 11.8 Å². The fourth-order valence-electron chi connectivity index (χ4n) is 3.54. The van der Waals surface area contributed by atoms with Gasteiger partial charge in [-0.1, -0.05) is 19.1 Å². The minimum absolute atomic E-state index is 0.00473. The SMILES string of the molecule is CCN(Cc1ccc(C(=O)N(C)C)cc1)C(=O)CC(C)C1CCCNC1. The van der Waals surface area contributed by atoms with Crippen LogP contribution in [-0.4, -0.2) is 55.3 Å². The van der Waals surface area contributed by atoms with E-state index in [1.54, 1.807) is 19.0 Å². The predicted molar refractivity (Wildman–Crippen MR) is 105 cm³/mol. The van der Waals surface area contributed by atoms with Crippen molar-refractivity contribution in [1.82, 2.24) is 15.1 Å². The summed E-state index contributed by atoms with van der Waals surface area (Å²) in [7, 11) is 3.49. The van der Waals surface area contributed by atoms with Crippen LogP contribution in [0.3, 0.4) is 0 Å². The van der Waals surface area contributed by atoms with Crippen molar-refractivity contribution in [3.63, 3.8) is 0 Å². The Morgan fingerprint density at radius 2 is 1.92 bits per heavy atom. The molecule has 1 fully saturated rings. The first kappa shape index (κ1) is 20.4. The largest absolute Gasteiger partial charge is 0.345 e. The summed E-state index contributed by atoms with van der Waals surface area (Å²) in [6.07, 6.45) is 3.03. The Morgan fingerprint density at radius 1 is 1.23 bits per heavy atom. The first-order chi connectivity index (χ1) is 12.4. The Hall–Kier alpha value is -1.88. The van der Waals surface area contributed by atoms with Crippen molar-refractivity contribution >= 4 is 11.8 Å². The molecule has 2 rings (SSSR count). The van der Waals surface area contributed by atoms with Gasteiger partial charge in [0, 0.05) is 39.2 Å². The van der Waals surface area contributed by atoms with E-state index in [9.17, 15) is 9.59 Å². The van der Waals surface area contributed by atoms with E-state index >= 15 is 0 Å². The summed E-state index contributed by atoms with van der Waals surface area (Å²) in [6, 6.07) is 7.57. The lowest BCUT2D eigenvalue weighted by molar-refractivity contribution is -0.133. The van der Waals surface area contributed by atoms with Crippen molar-refractivity contribution in [3.05, 3.63) is 35.4 Å². The second-order valence-electron chi connectivity index (χ2n) is 7.59. The van der Waals surface area contributed by atoms with Crippen LogP contribution in [0.15, 0.2) is 24.3 Å². The summed E-state index contributed by atoms with van der Waals surface area (Å²) in [5, 5.41) is 3.44. The van der Waals surface area contributed by atoms with Gasteiger partial charge in [-0.05, 0) is 62.4 Å². The van der Waals surface area contributed by atoms with Gasteiger partial charge in [0.2, 0.25) is 5.91 Å². The van der Waals surface area contributed by atoms with Crippen molar-refractivity contribution in [2.45, 2.75) is 39.7 Å². The lowest BCUT2D eigenvalue weighted by Gasteiger charge is -2.30. The number of rotatable bonds is 7. The summed E-state index contributed by atoms with van der Waals surface area (Å²) in [6.45, 7) is 7.65. The van der Waals surface area contributed by atoms with Crippen molar-refractivity contribution in [3.8, 4) is 0 Å². The zero-order valence-electron chi connectivity index (χ0n) is 16.6. The Kier molecular flexibility index (Phi) is 7.64. The van der Waals surface area contributed by atoms with Gasteiger partial charge >= 0.3 is 0 Å². The fraction of sp³-hybridized carbons (Fsp3) is 0.619. The monoisotopic (exact) mass is 359 g/mol. The normalized spacial score (nSPS) is 18.2. The first-order valence-electron chi connectivity index (χ1n) is 9.71. The molecule has 1 aromatic rings. The number of benzene rings is 1. The molecule has 5 heteroatoms. The molecule has 5 nitrogen and oxygen atoms in total. The molecule has 144 valence electrons. The molecule has 1 saturated heterocycles. The summed E-state index contributed by atoms with van der Waals surface area (Å²) in [5.74, 6) is 1.22. The second kappa shape index (κ2) is 9.72. The van der Waals surface area contributed by atoms with E-state index < -0.39 is 0 Å². The van der Waals surface area contributed by atoms with Gasteiger partial charge in [0.05, 0.1) is 0 Å². The van der Waals surface area contributed by atoms with E-state index in [0.717, 1.165) is 18.7 Å². The van der Waals surface area contributed by atoms with Crippen LogP contribution in [0.5, 0.6) is 0 Å². The molecule has 2 unspecified atom stereocenters. The number of hydrogen-bond donors (Lipinski definition) is 1. The van der Waals surface area contributed by atoms with Crippen molar-refractivity contribution in [1.29, 1.82) is 0 Å². The molecule has 1 aliphatic heterocycles. The average molecular weight is 360 g/mol. The molecule has 1 heterocycles. The summed E-state index contributed by atoms with van der Waals surface area (Å²) < 4.78 is 0. The van der Waals surface area contributed by atoms with Crippen LogP contribution in [0.25, 0.3) is 0 Å².